The van der Waals surface area contributed by atoms with Crippen LogP contribution in [0.25, 0.3) is 11.4 Å². The van der Waals surface area contributed by atoms with Crippen molar-refractivity contribution in [2.75, 3.05) is 5.32 Å². The lowest BCUT2D eigenvalue weighted by atomic mass is 10.1. The number of urea groups is 1. The van der Waals surface area contributed by atoms with E-state index in [0.717, 1.165) is 23.5 Å². The molecular weight excluding hydrogens is 314 g/mol. The number of anilines is 1. The van der Waals surface area contributed by atoms with Gasteiger partial charge in [0.25, 0.3) is 0 Å². The van der Waals surface area contributed by atoms with Gasteiger partial charge in [0.15, 0.2) is 5.82 Å². The Bertz CT molecular complexity index is 844. The Morgan fingerprint density at radius 2 is 1.84 bits per heavy atom. The summed E-state index contributed by atoms with van der Waals surface area (Å²) in [7, 11) is 0. The Morgan fingerprint density at radius 1 is 1.12 bits per heavy atom. The van der Waals surface area contributed by atoms with Crippen LogP contribution < -0.4 is 10.6 Å². The lowest BCUT2D eigenvalue weighted by Crippen LogP contribution is -2.31. The molecule has 0 saturated heterocycles. The van der Waals surface area contributed by atoms with Gasteiger partial charge in [0.05, 0.1) is 11.7 Å². The maximum absolute atomic E-state index is 12.4. The first-order valence-electron chi connectivity index (χ1n) is 8.28. The smallest absolute Gasteiger partial charge is 0.319 e. The number of nitrogens with one attached hydrogen (secondary N) is 2. The molecule has 0 aliphatic rings. The van der Waals surface area contributed by atoms with Crippen molar-refractivity contribution in [2.45, 2.75) is 26.4 Å². The van der Waals surface area contributed by atoms with E-state index in [0.29, 0.717) is 5.69 Å². The molecule has 0 aliphatic heterocycles. The number of amides is 2. The average molecular weight is 335 g/mol. The van der Waals surface area contributed by atoms with Crippen molar-refractivity contribution in [3.63, 3.8) is 0 Å². The van der Waals surface area contributed by atoms with Crippen molar-refractivity contribution in [2.24, 2.45) is 0 Å². The molecule has 0 fully saturated rings. The molecule has 128 valence electrons. The summed E-state index contributed by atoms with van der Waals surface area (Å²) in [6.07, 6.45) is 1.68. The number of benzene rings is 2. The van der Waals surface area contributed by atoms with Crippen molar-refractivity contribution in [1.82, 2.24) is 20.1 Å². The van der Waals surface area contributed by atoms with Crippen LogP contribution in [0.4, 0.5) is 10.5 Å². The van der Waals surface area contributed by atoms with E-state index in [4.69, 9.17) is 0 Å². The van der Waals surface area contributed by atoms with Gasteiger partial charge in [0.2, 0.25) is 0 Å². The maximum Gasteiger partial charge on any atom is 0.319 e. The van der Waals surface area contributed by atoms with Crippen LogP contribution in [-0.4, -0.2) is 20.8 Å². The second-order valence-corrected chi connectivity index (χ2v) is 5.72. The van der Waals surface area contributed by atoms with Crippen LogP contribution in [0.15, 0.2) is 60.9 Å². The zero-order chi connectivity index (χ0) is 17.6. The minimum Gasteiger partial charge on any atom is -0.331 e. The summed E-state index contributed by atoms with van der Waals surface area (Å²) < 4.78 is 1.94. The zero-order valence-corrected chi connectivity index (χ0v) is 14.3. The highest BCUT2D eigenvalue weighted by atomic mass is 16.2. The lowest BCUT2D eigenvalue weighted by Gasteiger charge is -2.16. The van der Waals surface area contributed by atoms with Crippen molar-refractivity contribution >= 4 is 11.7 Å². The van der Waals surface area contributed by atoms with Gasteiger partial charge in [-0.05, 0) is 31.5 Å². The summed E-state index contributed by atoms with van der Waals surface area (Å²) in [5.41, 5.74) is 2.59. The Balaban J connectivity index is 1.76. The standard InChI is InChI=1S/C19H21N5O/c1-3-24-13-20-23-18(24)16-11-7-8-12-17(16)22-19(25)21-14(2)15-9-5-4-6-10-15/h4-14H,3H2,1-2H3,(H2,21,22,25)/t14-/m0/s1. The summed E-state index contributed by atoms with van der Waals surface area (Å²) in [4.78, 5) is 12.4. The zero-order valence-electron chi connectivity index (χ0n) is 14.3. The van der Waals surface area contributed by atoms with Crippen molar-refractivity contribution in [1.29, 1.82) is 0 Å². The molecule has 25 heavy (non-hydrogen) atoms. The molecule has 0 radical (unpaired) electrons. The van der Waals surface area contributed by atoms with E-state index >= 15 is 0 Å². The minimum absolute atomic E-state index is 0.0901. The molecular formula is C19H21N5O. The predicted octanol–water partition coefficient (Wildman–Crippen LogP) is 3.85. The Kier molecular flexibility index (Phi) is 5.09. The molecule has 0 aliphatic carbocycles. The fourth-order valence-electron chi connectivity index (χ4n) is 2.66. The van der Waals surface area contributed by atoms with Crippen molar-refractivity contribution in [3.8, 4) is 11.4 Å². The van der Waals surface area contributed by atoms with E-state index in [1.165, 1.54) is 0 Å². The van der Waals surface area contributed by atoms with Gasteiger partial charge in [-0.1, -0.05) is 42.5 Å². The molecule has 6 heteroatoms. The number of rotatable bonds is 5. The maximum atomic E-state index is 12.4. The first kappa shape index (κ1) is 16.7. The molecule has 2 amide bonds. The van der Waals surface area contributed by atoms with Gasteiger partial charge in [0, 0.05) is 12.1 Å². The fourth-order valence-corrected chi connectivity index (χ4v) is 2.66. The summed E-state index contributed by atoms with van der Waals surface area (Å²) in [5, 5.41) is 14.0. The second-order valence-electron chi connectivity index (χ2n) is 5.72. The number of aryl methyl sites for hydroxylation is 1. The molecule has 3 rings (SSSR count). The monoisotopic (exact) mass is 335 g/mol. The molecule has 0 spiro atoms. The first-order chi connectivity index (χ1) is 12.2. The van der Waals surface area contributed by atoms with Gasteiger partial charge in [-0.2, -0.15) is 0 Å². The lowest BCUT2D eigenvalue weighted by molar-refractivity contribution is 0.249. The molecule has 1 heterocycles. The van der Waals surface area contributed by atoms with Crippen molar-refractivity contribution < 1.29 is 4.79 Å². The number of hydrogen-bond donors (Lipinski definition) is 2. The first-order valence-corrected chi connectivity index (χ1v) is 8.28. The Hall–Kier alpha value is -3.15. The SMILES string of the molecule is CCn1cnnc1-c1ccccc1NC(=O)N[C@@H](C)c1ccccc1. The molecule has 6 nitrogen and oxygen atoms in total. The van der Waals surface area contributed by atoms with E-state index in [9.17, 15) is 4.79 Å². The number of carbonyl (C=O) groups is 1. The molecule has 2 aromatic carbocycles. The number of para-hydroxylation sites is 1. The van der Waals surface area contributed by atoms with Gasteiger partial charge in [-0.3, -0.25) is 0 Å². The fraction of sp³-hybridized carbons (Fsp3) is 0.211. The quantitative estimate of drug-likeness (QED) is 0.744. The van der Waals surface area contributed by atoms with Gasteiger partial charge in [0.1, 0.15) is 6.33 Å². The minimum atomic E-state index is -0.258. The molecule has 1 aromatic heterocycles. The van der Waals surface area contributed by atoms with Gasteiger partial charge >= 0.3 is 6.03 Å². The highest BCUT2D eigenvalue weighted by Crippen LogP contribution is 2.26. The Morgan fingerprint density at radius 3 is 2.60 bits per heavy atom. The molecule has 3 aromatic rings. The van der Waals surface area contributed by atoms with E-state index in [1.807, 2.05) is 73.0 Å². The van der Waals surface area contributed by atoms with Crippen LogP contribution in [0.5, 0.6) is 0 Å². The number of carbonyl (C=O) groups excluding carboxylic acids is 1. The number of aromatic nitrogens is 3. The predicted molar refractivity (Wildman–Crippen MR) is 98.1 cm³/mol. The van der Waals surface area contributed by atoms with Crippen LogP contribution in [0.1, 0.15) is 25.5 Å². The van der Waals surface area contributed by atoms with Crippen LogP contribution in [0.3, 0.4) is 0 Å². The normalized spacial score (nSPS) is 11.8. The molecule has 0 unspecified atom stereocenters. The van der Waals surface area contributed by atoms with Crippen LogP contribution in [-0.2, 0) is 6.54 Å². The largest absolute Gasteiger partial charge is 0.331 e. The number of nitrogens with zero attached hydrogens (tertiary/aromatic N) is 3. The van der Waals surface area contributed by atoms with Gasteiger partial charge in [-0.15, -0.1) is 10.2 Å². The average Bonchev–Trinajstić information content (AvgIpc) is 3.11. The van der Waals surface area contributed by atoms with E-state index in [1.54, 1.807) is 6.33 Å². The van der Waals surface area contributed by atoms with E-state index in [-0.39, 0.29) is 12.1 Å². The van der Waals surface area contributed by atoms with Crippen molar-refractivity contribution in [3.05, 3.63) is 66.5 Å². The summed E-state index contributed by atoms with van der Waals surface area (Å²) >= 11 is 0. The van der Waals surface area contributed by atoms with E-state index in [2.05, 4.69) is 20.8 Å². The highest BCUT2D eigenvalue weighted by Gasteiger charge is 2.14. The molecule has 0 saturated carbocycles. The summed E-state index contributed by atoms with van der Waals surface area (Å²) in [6, 6.07) is 17.1. The van der Waals surface area contributed by atoms with E-state index < -0.39 is 0 Å². The highest BCUT2D eigenvalue weighted by molar-refractivity contribution is 5.93. The Labute approximate surface area is 146 Å². The van der Waals surface area contributed by atoms with Crippen LogP contribution >= 0.6 is 0 Å². The van der Waals surface area contributed by atoms with Gasteiger partial charge in [-0.25, -0.2) is 4.79 Å². The third-order valence-electron chi connectivity index (χ3n) is 4.02. The van der Waals surface area contributed by atoms with Crippen LogP contribution in [0.2, 0.25) is 0 Å². The molecule has 2 N–H and O–H groups in total. The second kappa shape index (κ2) is 7.61. The summed E-state index contributed by atoms with van der Waals surface area (Å²) in [6.45, 7) is 4.74. The number of hydrogen-bond acceptors (Lipinski definition) is 3. The topological polar surface area (TPSA) is 71.8 Å². The third kappa shape index (κ3) is 3.85. The van der Waals surface area contributed by atoms with Gasteiger partial charge < -0.3 is 15.2 Å². The summed E-state index contributed by atoms with van der Waals surface area (Å²) in [5.74, 6) is 0.731. The molecule has 0 bridgehead atoms. The third-order valence-corrected chi connectivity index (χ3v) is 4.02. The van der Waals surface area contributed by atoms with Crippen LogP contribution in [0, 0.1) is 0 Å². The molecule has 1 atom stereocenters.